The Bertz CT molecular complexity index is 1050. The molecule has 0 nitrogen and oxygen atoms in total. The molecule has 2 aromatic rings. The molecule has 0 fully saturated rings. The van der Waals surface area contributed by atoms with Crippen molar-refractivity contribution < 1.29 is 23.2 Å². The van der Waals surface area contributed by atoms with Gasteiger partial charge in [0.25, 0.3) is 0 Å². The summed E-state index contributed by atoms with van der Waals surface area (Å²) in [6, 6.07) is 23.2. The van der Waals surface area contributed by atoms with Gasteiger partial charge in [0.1, 0.15) is 0 Å². The first kappa shape index (κ1) is 26.9. The molecule has 4 aliphatic rings. The summed E-state index contributed by atoms with van der Waals surface area (Å²) < 4.78 is 0.332. The maximum Gasteiger partial charge on any atom is -0.147 e. The van der Waals surface area contributed by atoms with E-state index < -0.39 is 23.2 Å². The second-order valence-electron chi connectivity index (χ2n) is 10.3. The van der Waals surface area contributed by atoms with Gasteiger partial charge in [0.15, 0.2) is 0 Å². The Morgan fingerprint density at radius 3 is 1.31 bits per heavy atom. The topological polar surface area (TPSA) is 0 Å². The van der Waals surface area contributed by atoms with Crippen LogP contribution < -0.4 is 0 Å². The largest absolute Gasteiger partial charge is 0.147 e. The zero-order valence-corrected chi connectivity index (χ0v) is 24.6. The van der Waals surface area contributed by atoms with Gasteiger partial charge >= 0.3 is 212 Å². The first-order chi connectivity index (χ1) is 16.3. The monoisotopic (exact) mass is 580 g/mol. The van der Waals surface area contributed by atoms with E-state index in [1.807, 2.05) is 0 Å². The van der Waals surface area contributed by atoms with E-state index in [1.165, 1.54) is 64.2 Å². The number of hydrogen-bond acceptors (Lipinski definition) is 0. The summed E-state index contributed by atoms with van der Waals surface area (Å²) >= 11 is -1.11. The van der Waals surface area contributed by atoms with E-state index in [0.29, 0.717) is 0 Å². The van der Waals surface area contributed by atoms with Gasteiger partial charge in [0.05, 0.1) is 0 Å². The van der Waals surface area contributed by atoms with Crippen molar-refractivity contribution in [3.8, 4) is 0 Å². The Labute approximate surface area is 235 Å². The van der Waals surface area contributed by atoms with Crippen LogP contribution in [0, 0.1) is 0 Å². The molecule has 4 aliphatic carbocycles. The van der Waals surface area contributed by atoms with E-state index in [4.69, 9.17) is 0 Å². The van der Waals surface area contributed by atoms with Gasteiger partial charge < -0.3 is 0 Å². The molecule has 2 aromatic carbocycles. The third kappa shape index (κ3) is 4.79. The molecule has 6 rings (SSSR count). The van der Waals surface area contributed by atoms with Crippen LogP contribution in [0.2, 0.25) is 0 Å². The molecule has 35 heavy (non-hydrogen) atoms. The molecule has 0 aliphatic heterocycles. The maximum absolute atomic E-state index is 2.68. The molecule has 0 heterocycles. The molecule has 0 bridgehead atoms. The Morgan fingerprint density at radius 2 is 0.886 bits per heavy atom. The average Bonchev–Trinajstić information content (AvgIpc) is 3.14. The molecular weight excluding hydrogens is 546 g/mol. The van der Waals surface area contributed by atoms with Crippen LogP contribution in [-0.2, 0) is 29.5 Å². The maximum atomic E-state index is 2.68. The number of rotatable bonds is 4. The van der Waals surface area contributed by atoms with Gasteiger partial charge in [0.2, 0.25) is 0 Å². The first-order valence-electron chi connectivity index (χ1n) is 13.1. The van der Waals surface area contributed by atoms with Crippen molar-refractivity contribution in [2.24, 2.45) is 0 Å². The average molecular weight is 583 g/mol. The third-order valence-corrected chi connectivity index (χ3v) is 14.1. The van der Waals surface area contributed by atoms with Gasteiger partial charge in [0, 0.05) is 0 Å². The van der Waals surface area contributed by atoms with Crippen LogP contribution in [0.1, 0.15) is 75.3 Å². The normalized spacial score (nSPS) is 27.3. The van der Waals surface area contributed by atoms with Crippen molar-refractivity contribution in [2.75, 3.05) is 0 Å². The van der Waals surface area contributed by atoms with Crippen molar-refractivity contribution in [2.45, 2.75) is 70.5 Å². The van der Waals surface area contributed by atoms with Crippen LogP contribution in [0.5, 0.6) is 0 Å². The first-order valence-corrected chi connectivity index (χ1v) is 15.5. The summed E-state index contributed by atoms with van der Waals surface area (Å²) in [5.74, 6) is 0. The fourth-order valence-electron chi connectivity index (χ4n) is 6.76. The van der Waals surface area contributed by atoms with Crippen LogP contribution in [0.25, 0.3) is 0 Å². The fraction of sp³-hybridized carbons (Fsp3) is 0.375. The van der Waals surface area contributed by atoms with Gasteiger partial charge in [-0.2, -0.15) is 0 Å². The zero-order chi connectivity index (χ0) is 22.1. The van der Waals surface area contributed by atoms with E-state index in [9.17, 15) is 0 Å². The fourth-order valence-corrected chi connectivity index (χ4v) is 12.8. The Balaban J connectivity index is 0.00000144. The second kappa shape index (κ2) is 11.5. The summed E-state index contributed by atoms with van der Waals surface area (Å²) in [5, 5.41) is 0. The molecule has 182 valence electrons. The summed E-state index contributed by atoms with van der Waals surface area (Å²) in [6.07, 6.45) is 23.8. The van der Waals surface area contributed by atoms with E-state index in [0.717, 1.165) is 0 Å². The van der Waals surface area contributed by atoms with E-state index in [-0.39, 0.29) is 31.1 Å². The molecule has 2 unspecified atom stereocenters. The number of halogens is 2. The third-order valence-electron chi connectivity index (χ3n) is 8.39. The van der Waals surface area contributed by atoms with Gasteiger partial charge in [-0.1, -0.05) is 0 Å². The van der Waals surface area contributed by atoms with Crippen molar-refractivity contribution in [1.29, 1.82) is 0 Å². The van der Waals surface area contributed by atoms with Crippen LogP contribution in [0.15, 0.2) is 107 Å². The minimum atomic E-state index is -1.11. The van der Waals surface area contributed by atoms with Crippen LogP contribution >= 0.6 is 24.8 Å². The van der Waals surface area contributed by atoms with E-state index in [1.54, 1.807) is 33.4 Å². The molecule has 0 radical (unpaired) electrons. The molecule has 2 atom stereocenters. The van der Waals surface area contributed by atoms with Crippen molar-refractivity contribution in [3.63, 3.8) is 0 Å². The van der Waals surface area contributed by atoms with Crippen LogP contribution in [0.4, 0.5) is 0 Å². The smallest absolute Gasteiger partial charge is 0.147 e. The van der Waals surface area contributed by atoms with Crippen LogP contribution in [0.3, 0.4) is 0 Å². The number of benzene rings is 2. The van der Waals surface area contributed by atoms with Gasteiger partial charge in [-0.15, -0.1) is 24.8 Å². The summed E-state index contributed by atoms with van der Waals surface area (Å²) in [4.78, 5) is 0. The molecule has 3 heteroatoms. The molecule has 0 saturated heterocycles. The molecule has 0 amide bonds. The molecule has 0 aromatic heterocycles. The number of allylic oxidation sites excluding steroid dienone is 8. The SMILES string of the molecule is C1=C[C]([Zr][C]2(c3ccccc3)C=CC3=C2CCCCC3)(c2ccccc2)C2=C1CCCCC2.Cl.Cl. The van der Waals surface area contributed by atoms with E-state index in [2.05, 4.69) is 85.0 Å². The predicted octanol–water partition coefficient (Wildman–Crippen LogP) is 9.36. The molecule has 0 spiro atoms. The summed E-state index contributed by atoms with van der Waals surface area (Å²) in [6.45, 7) is 0. The van der Waals surface area contributed by atoms with E-state index >= 15 is 0 Å². The van der Waals surface area contributed by atoms with Gasteiger partial charge in [-0.25, -0.2) is 0 Å². The van der Waals surface area contributed by atoms with Gasteiger partial charge in [-0.3, -0.25) is 0 Å². The van der Waals surface area contributed by atoms with Gasteiger partial charge in [-0.05, 0) is 0 Å². The van der Waals surface area contributed by atoms with Crippen molar-refractivity contribution >= 4 is 24.8 Å². The molecule has 0 N–H and O–H groups in total. The zero-order valence-electron chi connectivity index (χ0n) is 20.5. The number of hydrogen-bond donors (Lipinski definition) is 0. The Hall–Kier alpha value is -1.14. The predicted molar refractivity (Wildman–Crippen MR) is 149 cm³/mol. The Kier molecular flexibility index (Phi) is 8.84. The summed E-state index contributed by atoms with van der Waals surface area (Å²) in [5.41, 5.74) is 10.1. The second-order valence-corrected chi connectivity index (χ2v) is 14.8. The minimum Gasteiger partial charge on any atom is -0.147 e. The molecule has 0 saturated carbocycles. The minimum absolute atomic E-state index is 0. The van der Waals surface area contributed by atoms with Crippen molar-refractivity contribution in [1.82, 2.24) is 0 Å². The van der Waals surface area contributed by atoms with Crippen LogP contribution in [-0.4, -0.2) is 0 Å². The Morgan fingerprint density at radius 1 is 0.486 bits per heavy atom. The summed E-state index contributed by atoms with van der Waals surface area (Å²) in [7, 11) is 0. The quantitative estimate of drug-likeness (QED) is 0.337. The van der Waals surface area contributed by atoms with Crippen molar-refractivity contribution in [3.05, 3.63) is 118 Å². The standard InChI is InChI=1S/2C16H17.2ClH.Zr/c2*1-3-7-13(8-4-1)16-12-11-14-9-5-2-6-10-15(14)16;;;/h2*1,3-4,7-8,11-12H,2,5-6,9-10H2;2*1H;. The molecular formula is C32H36Cl2Zr.